The Labute approximate surface area is 123 Å². The Morgan fingerprint density at radius 1 is 1.48 bits per heavy atom. The van der Waals surface area contributed by atoms with Crippen molar-refractivity contribution in [2.45, 2.75) is 25.8 Å². The maximum absolute atomic E-state index is 14.3. The largest absolute Gasteiger partial charge is 0.368 e. The van der Waals surface area contributed by atoms with Crippen molar-refractivity contribution in [2.24, 2.45) is 5.92 Å². The molecule has 3 aliphatic rings. The van der Waals surface area contributed by atoms with Crippen LogP contribution in [0.15, 0.2) is 12.3 Å². The maximum atomic E-state index is 14.3. The molecule has 2 bridgehead atoms. The molecule has 0 aliphatic carbocycles. The third-order valence-electron chi connectivity index (χ3n) is 4.45. The molecule has 3 aliphatic heterocycles. The highest BCUT2D eigenvalue weighted by molar-refractivity contribution is 5.95. The van der Waals surface area contributed by atoms with Gasteiger partial charge in [0.25, 0.3) is 5.91 Å². The van der Waals surface area contributed by atoms with Gasteiger partial charge in [0, 0.05) is 25.3 Å². The molecule has 0 spiro atoms. The minimum Gasteiger partial charge on any atom is -0.368 e. The zero-order chi connectivity index (χ0) is 14.8. The van der Waals surface area contributed by atoms with Crippen LogP contribution in [0.4, 0.5) is 10.2 Å². The monoisotopic (exact) mass is 292 g/mol. The number of anilines is 1. The number of hydrogen-bond donors (Lipinski definition) is 2. The van der Waals surface area contributed by atoms with Crippen LogP contribution in [0, 0.1) is 11.7 Å². The Morgan fingerprint density at radius 2 is 2.24 bits per heavy atom. The molecule has 1 aromatic heterocycles. The van der Waals surface area contributed by atoms with Crippen LogP contribution in [0.5, 0.6) is 0 Å². The van der Waals surface area contributed by atoms with E-state index in [9.17, 15) is 9.18 Å². The Hall–Kier alpha value is -1.69. The number of carbonyl (C=O) groups excluding carboxylic acids is 1. The molecule has 0 aromatic carbocycles. The highest BCUT2D eigenvalue weighted by Crippen LogP contribution is 2.27. The van der Waals surface area contributed by atoms with Crippen molar-refractivity contribution in [2.75, 3.05) is 31.5 Å². The van der Waals surface area contributed by atoms with Gasteiger partial charge in [-0.05, 0) is 44.8 Å². The van der Waals surface area contributed by atoms with E-state index in [1.807, 2.05) is 6.92 Å². The Bertz CT molecular complexity index is 528. The van der Waals surface area contributed by atoms with E-state index >= 15 is 0 Å². The Balaban J connectivity index is 1.72. The van der Waals surface area contributed by atoms with Gasteiger partial charge < -0.3 is 15.5 Å². The normalized spacial score (nSPS) is 27.4. The van der Waals surface area contributed by atoms with Crippen LogP contribution >= 0.6 is 0 Å². The molecular weight excluding hydrogens is 271 g/mol. The summed E-state index contributed by atoms with van der Waals surface area (Å²) in [5.74, 6) is -0.248. The van der Waals surface area contributed by atoms with E-state index in [1.165, 1.54) is 12.3 Å². The van der Waals surface area contributed by atoms with Crippen LogP contribution in [0.2, 0.25) is 0 Å². The van der Waals surface area contributed by atoms with Gasteiger partial charge in [-0.15, -0.1) is 0 Å². The van der Waals surface area contributed by atoms with E-state index in [0.29, 0.717) is 12.5 Å². The number of fused-ring (bicyclic) bond motifs is 3. The van der Waals surface area contributed by atoms with Crippen LogP contribution < -0.4 is 10.6 Å². The first kappa shape index (κ1) is 14.3. The molecule has 1 unspecified atom stereocenters. The molecule has 114 valence electrons. The molecule has 4 rings (SSSR count). The van der Waals surface area contributed by atoms with Gasteiger partial charge in [0.05, 0.1) is 5.56 Å². The van der Waals surface area contributed by atoms with Gasteiger partial charge in [-0.2, -0.15) is 0 Å². The van der Waals surface area contributed by atoms with Crippen molar-refractivity contribution in [1.29, 1.82) is 0 Å². The van der Waals surface area contributed by atoms with Crippen LogP contribution in [0.25, 0.3) is 0 Å². The van der Waals surface area contributed by atoms with Crippen LogP contribution in [0.1, 0.15) is 30.1 Å². The molecule has 0 radical (unpaired) electrons. The van der Waals surface area contributed by atoms with Crippen LogP contribution in [-0.4, -0.2) is 48.0 Å². The van der Waals surface area contributed by atoms with Gasteiger partial charge in [-0.25, -0.2) is 9.37 Å². The van der Waals surface area contributed by atoms with E-state index in [-0.39, 0.29) is 23.3 Å². The average Bonchev–Trinajstić information content (AvgIpc) is 2.51. The summed E-state index contributed by atoms with van der Waals surface area (Å²) in [5.41, 5.74) is 0.0670. The Kier molecular flexibility index (Phi) is 4.05. The van der Waals surface area contributed by atoms with E-state index in [2.05, 4.69) is 20.5 Å². The summed E-state index contributed by atoms with van der Waals surface area (Å²) in [4.78, 5) is 18.6. The summed E-state index contributed by atoms with van der Waals surface area (Å²) in [6, 6.07) is 1.57. The Morgan fingerprint density at radius 3 is 2.86 bits per heavy atom. The quantitative estimate of drug-likeness (QED) is 0.882. The first-order valence-electron chi connectivity index (χ1n) is 7.60. The number of hydrogen-bond acceptors (Lipinski definition) is 4. The lowest BCUT2D eigenvalue weighted by Crippen LogP contribution is -2.57. The van der Waals surface area contributed by atoms with Crippen molar-refractivity contribution in [1.82, 2.24) is 15.2 Å². The number of rotatable bonds is 4. The second-order valence-electron chi connectivity index (χ2n) is 5.77. The highest BCUT2D eigenvalue weighted by atomic mass is 19.1. The smallest absolute Gasteiger partial charge is 0.254 e. The molecule has 0 saturated carbocycles. The number of pyridine rings is 1. The SMILES string of the molecule is CCNc1nccc(C(=O)NC2CN3CCC2CC3)c1F. The fraction of sp³-hybridized carbons (Fsp3) is 0.600. The molecule has 3 fully saturated rings. The molecule has 1 amide bonds. The van der Waals surface area contributed by atoms with Crippen molar-refractivity contribution in [3.8, 4) is 0 Å². The lowest BCUT2D eigenvalue weighted by molar-refractivity contribution is 0.0618. The third-order valence-corrected chi connectivity index (χ3v) is 4.45. The molecule has 1 atom stereocenters. The van der Waals surface area contributed by atoms with E-state index in [1.54, 1.807) is 0 Å². The fourth-order valence-electron chi connectivity index (χ4n) is 3.28. The summed E-state index contributed by atoms with van der Waals surface area (Å²) in [6.07, 6.45) is 3.70. The topological polar surface area (TPSA) is 57.3 Å². The van der Waals surface area contributed by atoms with E-state index in [4.69, 9.17) is 0 Å². The van der Waals surface area contributed by atoms with E-state index < -0.39 is 5.82 Å². The van der Waals surface area contributed by atoms with Crippen molar-refractivity contribution in [3.05, 3.63) is 23.6 Å². The molecule has 4 heterocycles. The molecule has 3 saturated heterocycles. The van der Waals surface area contributed by atoms with Crippen LogP contribution in [0.3, 0.4) is 0 Å². The second-order valence-corrected chi connectivity index (χ2v) is 5.77. The molecule has 1 aromatic rings. The van der Waals surface area contributed by atoms with Crippen LogP contribution in [-0.2, 0) is 0 Å². The predicted molar refractivity (Wildman–Crippen MR) is 78.8 cm³/mol. The van der Waals surface area contributed by atoms with Gasteiger partial charge in [0.15, 0.2) is 11.6 Å². The van der Waals surface area contributed by atoms with Crippen molar-refractivity contribution in [3.63, 3.8) is 0 Å². The van der Waals surface area contributed by atoms with E-state index in [0.717, 1.165) is 32.5 Å². The molecule has 6 heteroatoms. The second kappa shape index (κ2) is 5.97. The van der Waals surface area contributed by atoms with Gasteiger partial charge in [-0.1, -0.05) is 0 Å². The lowest BCUT2D eigenvalue weighted by Gasteiger charge is -2.44. The minimum absolute atomic E-state index is 0.0670. The number of halogens is 1. The summed E-state index contributed by atoms with van der Waals surface area (Å²) < 4.78 is 14.3. The summed E-state index contributed by atoms with van der Waals surface area (Å²) in [6.45, 7) is 5.54. The number of piperidine rings is 3. The maximum Gasteiger partial charge on any atom is 0.254 e. The number of carbonyl (C=O) groups is 1. The average molecular weight is 292 g/mol. The zero-order valence-electron chi connectivity index (χ0n) is 12.2. The summed E-state index contributed by atoms with van der Waals surface area (Å²) in [5, 5.41) is 5.83. The molecule has 2 N–H and O–H groups in total. The number of nitrogens with one attached hydrogen (secondary N) is 2. The lowest BCUT2D eigenvalue weighted by atomic mass is 9.84. The standard InChI is InChI=1S/C15H21FN4O/c1-2-17-14-13(16)11(3-6-18-14)15(21)19-12-9-20-7-4-10(12)5-8-20/h3,6,10,12H,2,4-5,7-9H2,1H3,(H,17,18)(H,19,21). The predicted octanol–water partition coefficient (Wildman–Crippen LogP) is 1.48. The first-order valence-corrected chi connectivity index (χ1v) is 7.60. The van der Waals surface area contributed by atoms with Crippen molar-refractivity contribution < 1.29 is 9.18 Å². The fourth-order valence-corrected chi connectivity index (χ4v) is 3.28. The van der Waals surface area contributed by atoms with Crippen molar-refractivity contribution >= 4 is 11.7 Å². The number of nitrogens with zero attached hydrogens (tertiary/aromatic N) is 2. The van der Waals surface area contributed by atoms with Gasteiger partial charge in [-0.3, -0.25) is 4.79 Å². The molecular formula is C15H21FN4O. The molecule has 21 heavy (non-hydrogen) atoms. The molecule has 5 nitrogen and oxygen atoms in total. The highest BCUT2D eigenvalue weighted by Gasteiger charge is 2.35. The first-order chi connectivity index (χ1) is 10.2. The summed E-state index contributed by atoms with van der Waals surface area (Å²) >= 11 is 0. The van der Waals surface area contributed by atoms with Gasteiger partial charge >= 0.3 is 0 Å². The van der Waals surface area contributed by atoms with Gasteiger partial charge in [0.1, 0.15) is 0 Å². The minimum atomic E-state index is -0.571. The number of amides is 1. The van der Waals surface area contributed by atoms with Gasteiger partial charge in [0.2, 0.25) is 0 Å². The third kappa shape index (κ3) is 2.85. The zero-order valence-corrected chi connectivity index (χ0v) is 12.2. The number of aromatic nitrogens is 1. The summed E-state index contributed by atoms with van der Waals surface area (Å²) in [7, 11) is 0.